The van der Waals surface area contributed by atoms with Crippen LogP contribution in [0.5, 0.6) is 5.75 Å². The van der Waals surface area contributed by atoms with Crippen LogP contribution in [0.25, 0.3) is 11.0 Å². The first-order valence-corrected chi connectivity index (χ1v) is 8.38. The molecule has 0 spiro atoms. The van der Waals surface area contributed by atoms with Crippen molar-refractivity contribution >= 4 is 22.8 Å². The van der Waals surface area contributed by atoms with Crippen LogP contribution in [0.15, 0.2) is 27.4 Å². The van der Waals surface area contributed by atoms with Gasteiger partial charge in [0.1, 0.15) is 17.4 Å². The molecule has 0 saturated heterocycles. The third-order valence-electron chi connectivity index (χ3n) is 4.14. The Labute approximate surface area is 151 Å². The predicted molar refractivity (Wildman–Crippen MR) is 96.5 cm³/mol. The quantitative estimate of drug-likeness (QED) is 0.734. The molecule has 2 N–H and O–H groups in total. The normalized spacial score (nSPS) is 12.2. The maximum Gasteiger partial charge on any atom is 0.339 e. The van der Waals surface area contributed by atoms with E-state index in [0.717, 1.165) is 10.9 Å². The second-order valence-corrected chi connectivity index (χ2v) is 6.67. The number of nitrogens with one attached hydrogen (secondary N) is 1. The Balaban J connectivity index is 2.07. The van der Waals surface area contributed by atoms with E-state index in [0.29, 0.717) is 23.3 Å². The highest BCUT2D eigenvalue weighted by atomic mass is 16.5. The molecule has 140 valence electrons. The summed E-state index contributed by atoms with van der Waals surface area (Å²) in [5.41, 5.74) is 1.34. The number of amides is 1. The van der Waals surface area contributed by atoms with Crippen molar-refractivity contribution in [1.29, 1.82) is 0 Å². The molecule has 7 heteroatoms. The van der Waals surface area contributed by atoms with Gasteiger partial charge in [0.15, 0.2) is 6.61 Å². The van der Waals surface area contributed by atoms with E-state index in [-0.39, 0.29) is 12.5 Å². The molecule has 1 heterocycles. The molecule has 7 nitrogen and oxygen atoms in total. The van der Waals surface area contributed by atoms with Gasteiger partial charge in [0.05, 0.1) is 0 Å². The minimum absolute atomic E-state index is 0.132. The molecule has 0 saturated carbocycles. The maximum atomic E-state index is 12.0. The number of ether oxygens (including phenoxy) is 1. The Kier molecular flexibility index (Phi) is 6.02. The zero-order valence-electron chi connectivity index (χ0n) is 15.3. The number of benzene rings is 1. The molecule has 0 aliphatic rings. The maximum absolute atomic E-state index is 12.0. The summed E-state index contributed by atoms with van der Waals surface area (Å²) in [6.07, 6.45) is 0.334. The Morgan fingerprint density at radius 2 is 1.92 bits per heavy atom. The van der Waals surface area contributed by atoms with Crippen LogP contribution in [-0.4, -0.2) is 29.6 Å². The molecule has 1 aromatic heterocycles. The largest absolute Gasteiger partial charge is 0.484 e. The van der Waals surface area contributed by atoms with E-state index in [1.165, 1.54) is 0 Å². The Hall–Kier alpha value is -2.83. The van der Waals surface area contributed by atoms with Crippen molar-refractivity contribution in [3.05, 3.63) is 39.7 Å². The van der Waals surface area contributed by atoms with Gasteiger partial charge < -0.3 is 19.6 Å². The first-order valence-electron chi connectivity index (χ1n) is 8.38. The summed E-state index contributed by atoms with van der Waals surface area (Å²) in [7, 11) is 0. The van der Waals surface area contributed by atoms with Crippen LogP contribution in [0.4, 0.5) is 0 Å². The van der Waals surface area contributed by atoms with Gasteiger partial charge in [-0.3, -0.25) is 4.79 Å². The van der Waals surface area contributed by atoms with Crippen LogP contribution in [0.3, 0.4) is 0 Å². The number of aryl methyl sites for hydroxylation is 1. The monoisotopic (exact) mass is 361 g/mol. The summed E-state index contributed by atoms with van der Waals surface area (Å²) in [6.45, 7) is 6.97. The average Bonchev–Trinajstić information content (AvgIpc) is 2.56. The number of carboxylic acid groups (broad SMARTS) is 1. The summed E-state index contributed by atoms with van der Waals surface area (Å²) >= 11 is 0. The van der Waals surface area contributed by atoms with Crippen molar-refractivity contribution in [3.8, 4) is 5.75 Å². The van der Waals surface area contributed by atoms with E-state index in [9.17, 15) is 14.4 Å². The van der Waals surface area contributed by atoms with Crippen LogP contribution in [0, 0.1) is 19.8 Å². The molecule has 0 fully saturated rings. The van der Waals surface area contributed by atoms with Gasteiger partial charge >= 0.3 is 11.6 Å². The molecule has 26 heavy (non-hydrogen) atoms. The number of hydrogen-bond donors (Lipinski definition) is 2. The van der Waals surface area contributed by atoms with Gasteiger partial charge in [-0.1, -0.05) is 13.8 Å². The summed E-state index contributed by atoms with van der Waals surface area (Å²) in [4.78, 5) is 34.9. The Morgan fingerprint density at radius 1 is 1.23 bits per heavy atom. The van der Waals surface area contributed by atoms with E-state index in [4.69, 9.17) is 14.3 Å². The van der Waals surface area contributed by atoms with E-state index < -0.39 is 23.5 Å². The molecule has 2 rings (SSSR count). The fourth-order valence-corrected chi connectivity index (χ4v) is 2.60. The smallest absolute Gasteiger partial charge is 0.339 e. The number of aliphatic carboxylic acids is 1. The highest BCUT2D eigenvalue weighted by Gasteiger charge is 2.21. The summed E-state index contributed by atoms with van der Waals surface area (Å²) < 4.78 is 10.7. The van der Waals surface area contributed by atoms with Gasteiger partial charge in [-0.2, -0.15) is 0 Å². The summed E-state index contributed by atoms with van der Waals surface area (Å²) in [5, 5.41) is 12.4. The number of carboxylic acids is 1. The molecule has 1 aromatic carbocycles. The highest BCUT2D eigenvalue weighted by molar-refractivity contribution is 5.85. The van der Waals surface area contributed by atoms with E-state index in [1.54, 1.807) is 25.1 Å². The fourth-order valence-electron chi connectivity index (χ4n) is 2.60. The van der Waals surface area contributed by atoms with Crippen molar-refractivity contribution in [2.75, 3.05) is 6.61 Å². The molecule has 0 radical (unpaired) electrons. The lowest BCUT2D eigenvalue weighted by atomic mass is 10.0. The predicted octanol–water partition coefficient (Wildman–Crippen LogP) is 2.40. The summed E-state index contributed by atoms with van der Waals surface area (Å²) in [6, 6.07) is 4.02. The minimum Gasteiger partial charge on any atom is -0.484 e. The van der Waals surface area contributed by atoms with Crippen molar-refractivity contribution in [1.82, 2.24) is 5.32 Å². The number of hydrogen-bond acceptors (Lipinski definition) is 5. The third kappa shape index (κ3) is 4.62. The van der Waals surface area contributed by atoms with Crippen LogP contribution in [0.1, 0.15) is 31.4 Å². The van der Waals surface area contributed by atoms with E-state index in [2.05, 4.69) is 5.32 Å². The van der Waals surface area contributed by atoms with Crippen molar-refractivity contribution in [3.63, 3.8) is 0 Å². The third-order valence-corrected chi connectivity index (χ3v) is 4.14. The number of fused-ring (bicyclic) bond motifs is 1. The summed E-state index contributed by atoms with van der Waals surface area (Å²) in [5.74, 6) is -1.12. The lowest BCUT2D eigenvalue weighted by molar-refractivity contribution is -0.142. The Morgan fingerprint density at radius 3 is 2.54 bits per heavy atom. The molecule has 0 unspecified atom stereocenters. The second-order valence-electron chi connectivity index (χ2n) is 6.67. The molecule has 0 aliphatic carbocycles. The molecule has 1 amide bonds. The first-order chi connectivity index (χ1) is 12.2. The van der Waals surface area contributed by atoms with Gasteiger partial charge in [-0.25, -0.2) is 9.59 Å². The molecule has 0 aliphatic heterocycles. The molecule has 0 bridgehead atoms. The fraction of sp³-hybridized carbons (Fsp3) is 0.421. The zero-order chi connectivity index (χ0) is 19.4. The number of carbonyl (C=O) groups is 2. The van der Waals surface area contributed by atoms with Crippen LogP contribution >= 0.6 is 0 Å². The van der Waals surface area contributed by atoms with Gasteiger partial charge in [0, 0.05) is 17.0 Å². The van der Waals surface area contributed by atoms with Gasteiger partial charge in [-0.15, -0.1) is 0 Å². The van der Waals surface area contributed by atoms with Crippen molar-refractivity contribution in [2.24, 2.45) is 5.92 Å². The molecular weight excluding hydrogens is 338 g/mol. The van der Waals surface area contributed by atoms with Gasteiger partial charge in [0.2, 0.25) is 0 Å². The number of carbonyl (C=O) groups excluding carboxylic acids is 1. The van der Waals surface area contributed by atoms with E-state index >= 15 is 0 Å². The minimum atomic E-state index is -1.08. The van der Waals surface area contributed by atoms with Crippen LogP contribution in [-0.2, 0) is 9.59 Å². The van der Waals surface area contributed by atoms with Crippen molar-refractivity contribution in [2.45, 2.75) is 40.2 Å². The first kappa shape index (κ1) is 19.5. The second kappa shape index (κ2) is 8.03. The standard InChI is InChI=1S/C19H23NO6/c1-10(2)7-15(18(22)23)20-17(21)9-25-13-5-6-14-11(3)12(4)19(24)26-16(14)8-13/h5-6,8,10,15H,7,9H2,1-4H3,(H,20,21)(H,22,23)/t15-/m1/s1. The Bertz CT molecular complexity index is 883. The van der Waals surface area contributed by atoms with Crippen LogP contribution < -0.4 is 15.7 Å². The van der Waals surface area contributed by atoms with Gasteiger partial charge in [-0.05, 0) is 43.9 Å². The molecule has 1 atom stereocenters. The average molecular weight is 361 g/mol. The molecule has 2 aromatic rings. The molecular formula is C19H23NO6. The zero-order valence-corrected chi connectivity index (χ0v) is 15.3. The lowest BCUT2D eigenvalue weighted by Gasteiger charge is -2.16. The van der Waals surface area contributed by atoms with E-state index in [1.807, 2.05) is 20.8 Å². The van der Waals surface area contributed by atoms with Crippen LogP contribution in [0.2, 0.25) is 0 Å². The van der Waals surface area contributed by atoms with Crippen molar-refractivity contribution < 1.29 is 23.8 Å². The topological polar surface area (TPSA) is 106 Å². The lowest BCUT2D eigenvalue weighted by Crippen LogP contribution is -2.43. The SMILES string of the molecule is Cc1c(C)c2ccc(OCC(=O)N[C@H](CC(C)C)C(=O)O)cc2oc1=O. The highest BCUT2D eigenvalue weighted by Crippen LogP contribution is 2.23. The van der Waals surface area contributed by atoms with Gasteiger partial charge in [0.25, 0.3) is 5.91 Å². The number of rotatable bonds is 7.